The third-order valence-electron chi connectivity index (χ3n) is 5.73. The van der Waals surface area contributed by atoms with Crippen LogP contribution in [0.5, 0.6) is 0 Å². The molecule has 8 nitrogen and oxygen atoms in total. The number of nitrogens with zero attached hydrogens (tertiary/aromatic N) is 1. The van der Waals surface area contributed by atoms with Crippen LogP contribution in [0.2, 0.25) is 0 Å². The minimum absolute atomic E-state index is 0.108. The molecule has 2 fully saturated rings. The maximum absolute atomic E-state index is 13.5. The van der Waals surface area contributed by atoms with Crippen LogP contribution in [0.1, 0.15) is 45.6 Å². The Morgan fingerprint density at radius 3 is 2.53 bits per heavy atom. The van der Waals surface area contributed by atoms with Crippen LogP contribution in [0, 0.1) is 5.41 Å². The number of carbonyl (C=O) groups is 3. The summed E-state index contributed by atoms with van der Waals surface area (Å²) in [6.07, 6.45) is 0.311. The van der Waals surface area contributed by atoms with Gasteiger partial charge in [0.2, 0.25) is 5.91 Å². The van der Waals surface area contributed by atoms with Crippen molar-refractivity contribution in [2.75, 3.05) is 13.7 Å². The molecule has 0 unspecified atom stereocenters. The molecule has 0 saturated carbocycles. The Morgan fingerprint density at radius 1 is 1.27 bits per heavy atom. The lowest BCUT2D eigenvalue weighted by atomic mass is 9.76. The van der Waals surface area contributed by atoms with E-state index in [1.165, 1.54) is 12.0 Å². The average molecular weight is 418 g/mol. The maximum atomic E-state index is 13.5. The summed E-state index contributed by atoms with van der Waals surface area (Å²) in [5, 5.41) is 14.3. The minimum Gasteiger partial charge on any atom is -0.468 e. The highest BCUT2D eigenvalue weighted by molar-refractivity contribution is 6.05. The number of methoxy groups -OCH3 is 1. The van der Waals surface area contributed by atoms with Crippen molar-refractivity contribution in [3.05, 3.63) is 35.9 Å². The number of alkyl carbamates (subject to hydrolysis) is 1. The largest absolute Gasteiger partial charge is 0.468 e. The predicted octanol–water partition coefficient (Wildman–Crippen LogP) is 2.00. The maximum Gasteiger partial charge on any atom is 0.408 e. The Morgan fingerprint density at radius 2 is 1.93 bits per heavy atom. The summed E-state index contributed by atoms with van der Waals surface area (Å²) in [6, 6.07) is 8.41. The fourth-order valence-electron chi connectivity index (χ4n) is 4.49. The number of hydrogen-bond acceptors (Lipinski definition) is 6. The number of fused-ring (bicyclic) bond motifs is 1. The van der Waals surface area contributed by atoms with E-state index in [9.17, 15) is 19.5 Å². The first kappa shape index (κ1) is 22.1. The monoisotopic (exact) mass is 418 g/mol. The Kier molecular flexibility index (Phi) is 5.82. The third-order valence-corrected chi connectivity index (χ3v) is 5.73. The molecule has 2 saturated heterocycles. The summed E-state index contributed by atoms with van der Waals surface area (Å²) < 4.78 is 10.3. The molecule has 1 aromatic rings. The van der Waals surface area contributed by atoms with E-state index < -0.39 is 40.8 Å². The van der Waals surface area contributed by atoms with E-state index in [4.69, 9.17) is 9.47 Å². The molecule has 2 aliphatic rings. The van der Waals surface area contributed by atoms with Crippen LogP contribution in [-0.4, -0.2) is 59.0 Å². The lowest BCUT2D eigenvalue weighted by Gasteiger charge is -2.44. The van der Waals surface area contributed by atoms with Gasteiger partial charge in [-0.05, 0) is 45.6 Å². The van der Waals surface area contributed by atoms with E-state index in [1.807, 2.05) is 30.3 Å². The molecule has 0 aliphatic carbocycles. The number of hydrogen-bond donors (Lipinski definition) is 2. The van der Waals surface area contributed by atoms with E-state index >= 15 is 0 Å². The topological polar surface area (TPSA) is 105 Å². The molecule has 8 heteroatoms. The molecule has 0 spiro atoms. The third kappa shape index (κ3) is 4.01. The van der Waals surface area contributed by atoms with Crippen LogP contribution in [0.25, 0.3) is 0 Å². The van der Waals surface area contributed by atoms with E-state index in [0.717, 1.165) is 5.56 Å². The summed E-state index contributed by atoms with van der Waals surface area (Å²) in [5.74, 6) is -1.16. The normalized spacial score (nSPS) is 28.6. The van der Waals surface area contributed by atoms with Gasteiger partial charge in [-0.15, -0.1) is 0 Å². The number of rotatable bonds is 4. The van der Waals surface area contributed by atoms with Gasteiger partial charge in [-0.25, -0.2) is 4.79 Å². The summed E-state index contributed by atoms with van der Waals surface area (Å²) in [6.45, 7) is 5.54. The van der Waals surface area contributed by atoms with Crippen molar-refractivity contribution >= 4 is 18.0 Å². The quantitative estimate of drug-likeness (QED) is 0.572. The second-order valence-electron chi connectivity index (χ2n) is 9.09. The van der Waals surface area contributed by atoms with Crippen molar-refractivity contribution in [1.29, 1.82) is 0 Å². The zero-order valence-corrected chi connectivity index (χ0v) is 17.9. The van der Waals surface area contributed by atoms with Crippen molar-refractivity contribution in [3.8, 4) is 0 Å². The second-order valence-corrected chi connectivity index (χ2v) is 9.09. The highest BCUT2D eigenvalue weighted by Crippen LogP contribution is 2.48. The Hall–Kier alpha value is -2.61. The molecule has 1 aromatic carbocycles. The van der Waals surface area contributed by atoms with Gasteiger partial charge in [0.05, 0.1) is 13.2 Å². The number of nitrogens with one attached hydrogen (secondary N) is 1. The number of esters is 1. The van der Waals surface area contributed by atoms with Gasteiger partial charge in [0.25, 0.3) is 0 Å². The molecule has 2 amide bonds. The lowest BCUT2D eigenvalue weighted by molar-refractivity contribution is -0.162. The number of amides is 2. The van der Waals surface area contributed by atoms with Crippen molar-refractivity contribution < 1.29 is 29.0 Å². The van der Waals surface area contributed by atoms with E-state index in [2.05, 4.69) is 5.32 Å². The molecular formula is C22H30N2O6. The van der Waals surface area contributed by atoms with E-state index in [-0.39, 0.29) is 12.8 Å². The first-order chi connectivity index (χ1) is 14.0. The number of ether oxygens (including phenoxy) is 2. The van der Waals surface area contributed by atoms with Crippen LogP contribution < -0.4 is 5.32 Å². The highest BCUT2D eigenvalue weighted by atomic mass is 16.6. The lowest BCUT2D eigenvalue weighted by Crippen LogP contribution is -2.63. The molecule has 0 radical (unpaired) electrons. The molecule has 3 atom stereocenters. The summed E-state index contributed by atoms with van der Waals surface area (Å²) in [7, 11) is 1.24. The molecule has 2 heterocycles. The predicted molar refractivity (Wildman–Crippen MR) is 108 cm³/mol. The van der Waals surface area contributed by atoms with Gasteiger partial charge < -0.3 is 24.8 Å². The number of benzene rings is 1. The summed E-state index contributed by atoms with van der Waals surface area (Å²) in [4.78, 5) is 40.0. The Balaban J connectivity index is 1.93. The van der Waals surface area contributed by atoms with Gasteiger partial charge in [0.1, 0.15) is 5.60 Å². The Labute approximate surface area is 176 Å². The van der Waals surface area contributed by atoms with E-state index in [0.29, 0.717) is 19.4 Å². The SMILES string of the molecule is COC(=O)[C@@]1(Cc2ccccc2)C[C@]2(O)[C@@H](NC(=O)OC(C)(C)C)CCCN2C1=O. The van der Waals surface area contributed by atoms with Crippen molar-refractivity contribution in [2.45, 2.75) is 63.8 Å². The zero-order chi connectivity index (χ0) is 22.2. The molecule has 0 aromatic heterocycles. The molecule has 2 N–H and O–H groups in total. The standard InChI is InChI=1S/C22H30N2O6/c1-20(2,3)30-19(27)23-16-11-8-12-24-17(25)21(18(26)29-4,14-22(16,24)28)13-15-9-6-5-7-10-15/h5-7,9-10,16,28H,8,11-14H2,1-4H3,(H,23,27)/t16-,21-,22-/m0/s1. The van der Waals surface area contributed by atoms with E-state index in [1.54, 1.807) is 20.8 Å². The van der Waals surface area contributed by atoms with Crippen LogP contribution in [0.3, 0.4) is 0 Å². The van der Waals surface area contributed by atoms with Gasteiger partial charge in [-0.2, -0.15) is 0 Å². The van der Waals surface area contributed by atoms with Crippen molar-refractivity contribution in [2.24, 2.45) is 5.41 Å². The second kappa shape index (κ2) is 7.91. The van der Waals surface area contributed by atoms with Crippen molar-refractivity contribution in [3.63, 3.8) is 0 Å². The van der Waals surface area contributed by atoms with Gasteiger partial charge >= 0.3 is 12.1 Å². The molecule has 0 bridgehead atoms. The Bertz CT molecular complexity index is 821. The fourth-order valence-corrected chi connectivity index (χ4v) is 4.49. The van der Waals surface area contributed by atoms with Crippen LogP contribution >= 0.6 is 0 Å². The number of piperidine rings is 1. The molecule has 3 rings (SSSR count). The number of carbonyl (C=O) groups excluding carboxylic acids is 3. The average Bonchev–Trinajstić information content (AvgIpc) is 2.89. The van der Waals surface area contributed by atoms with Crippen molar-refractivity contribution in [1.82, 2.24) is 10.2 Å². The first-order valence-electron chi connectivity index (χ1n) is 10.2. The molecule has 30 heavy (non-hydrogen) atoms. The molecular weight excluding hydrogens is 388 g/mol. The van der Waals surface area contributed by atoms with Crippen LogP contribution in [-0.2, 0) is 25.5 Å². The van der Waals surface area contributed by atoms with Gasteiger partial charge in [-0.3, -0.25) is 9.59 Å². The van der Waals surface area contributed by atoms with Crippen LogP contribution in [0.15, 0.2) is 30.3 Å². The van der Waals surface area contributed by atoms with Gasteiger partial charge in [-0.1, -0.05) is 30.3 Å². The first-order valence-corrected chi connectivity index (χ1v) is 10.2. The summed E-state index contributed by atoms with van der Waals surface area (Å²) in [5.41, 5.74) is -3.16. The smallest absolute Gasteiger partial charge is 0.408 e. The van der Waals surface area contributed by atoms with Crippen LogP contribution in [0.4, 0.5) is 4.79 Å². The molecule has 164 valence electrons. The van der Waals surface area contributed by atoms with Gasteiger partial charge in [0, 0.05) is 13.0 Å². The zero-order valence-electron chi connectivity index (χ0n) is 17.9. The van der Waals surface area contributed by atoms with Gasteiger partial charge in [0.15, 0.2) is 11.1 Å². The highest BCUT2D eigenvalue weighted by Gasteiger charge is 2.66. The minimum atomic E-state index is -1.70. The number of aliphatic hydroxyl groups is 1. The molecule has 2 aliphatic heterocycles. The fraction of sp³-hybridized carbons (Fsp3) is 0.591. The summed E-state index contributed by atoms with van der Waals surface area (Å²) >= 11 is 0.